The molecule has 0 fully saturated rings. The van der Waals surface area contributed by atoms with Crippen molar-refractivity contribution in [2.75, 3.05) is 5.32 Å². The third-order valence-corrected chi connectivity index (χ3v) is 5.74. The zero-order chi connectivity index (χ0) is 23.5. The summed E-state index contributed by atoms with van der Waals surface area (Å²) in [6, 6.07) is 17.2. The van der Waals surface area contributed by atoms with Crippen molar-refractivity contribution >= 4 is 23.2 Å². The number of nitrogens with zero attached hydrogens (tertiary/aromatic N) is 2. The van der Waals surface area contributed by atoms with Crippen LogP contribution in [-0.4, -0.2) is 15.7 Å². The molecule has 33 heavy (non-hydrogen) atoms. The van der Waals surface area contributed by atoms with Crippen molar-refractivity contribution in [3.8, 4) is 5.75 Å². The molecule has 1 amide bonds. The highest BCUT2D eigenvalue weighted by Gasteiger charge is 2.18. The summed E-state index contributed by atoms with van der Waals surface area (Å²) in [5, 5.41) is 8.08. The second-order valence-corrected chi connectivity index (χ2v) is 8.49. The van der Waals surface area contributed by atoms with Gasteiger partial charge in [0.25, 0.3) is 5.91 Å². The van der Waals surface area contributed by atoms with Crippen LogP contribution in [0.1, 0.15) is 44.4 Å². The van der Waals surface area contributed by atoms with E-state index in [0.29, 0.717) is 28.8 Å². The SMILES string of the molecule is Cc1cccc(Cn2nc(C)c(NC(=O)c3ccc(COc4c(C)cccc4Cl)o3)c2C)c1. The lowest BCUT2D eigenvalue weighted by molar-refractivity contribution is 0.0992. The minimum Gasteiger partial charge on any atom is -0.484 e. The number of furan rings is 1. The number of para-hydroxylation sites is 1. The fourth-order valence-electron chi connectivity index (χ4n) is 3.71. The van der Waals surface area contributed by atoms with Crippen LogP contribution in [-0.2, 0) is 13.2 Å². The molecule has 2 aromatic carbocycles. The quantitative estimate of drug-likeness (QED) is 0.352. The molecule has 0 aliphatic heterocycles. The highest BCUT2D eigenvalue weighted by Crippen LogP contribution is 2.29. The summed E-state index contributed by atoms with van der Waals surface area (Å²) < 4.78 is 13.4. The summed E-state index contributed by atoms with van der Waals surface area (Å²) >= 11 is 6.20. The lowest BCUT2D eigenvalue weighted by Crippen LogP contribution is -2.12. The van der Waals surface area contributed by atoms with Crippen LogP contribution in [0, 0.1) is 27.7 Å². The molecule has 0 atom stereocenters. The Morgan fingerprint density at radius 2 is 1.88 bits per heavy atom. The maximum absolute atomic E-state index is 12.8. The Kier molecular flexibility index (Phi) is 6.56. The van der Waals surface area contributed by atoms with Crippen LogP contribution in [0.15, 0.2) is 59.0 Å². The average Bonchev–Trinajstić information content (AvgIpc) is 3.34. The number of carbonyl (C=O) groups excluding carboxylic acids is 1. The Morgan fingerprint density at radius 3 is 2.64 bits per heavy atom. The van der Waals surface area contributed by atoms with Crippen LogP contribution in [0.5, 0.6) is 5.75 Å². The second kappa shape index (κ2) is 9.55. The van der Waals surface area contributed by atoms with Gasteiger partial charge in [0.2, 0.25) is 0 Å². The number of carbonyl (C=O) groups is 1. The highest BCUT2D eigenvalue weighted by molar-refractivity contribution is 6.32. The molecule has 0 saturated carbocycles. The topological polar surface area (TPSA) is 69.3 Å². The molecule has 7 heteroatoms. The van der Waals surface area contributed by atoms with Gasteiger partial charge >= 0.3 is 0 Å². The summed E-state index contributed by atoms with van der Waals surface area (Å²) in [7, 11) is 0. The first-order chi connectivity index (χ1) is 15.8. The van der Waals surface area contributed by atoms with Crippen molar-refractivity contribution in [3.63, 3.8) is 0 Å². The van der Waals surface area contributed by atoms with E-state index in [2.05, 4.69) is 35.5 Å². The number of halogens is 1. The predicted molar refractivity (Wildman–Crippen MR) is 129 cm³/mol. The van der Waals surface area contributed by atoms with E-state index in [1.807, 2.05) is 43.7 Å². The van der Waals surface area contributed by atoms with Gasteiger partial charge in [0.15, 0.2) is 5.76 Å². The van der Waals surface area contributed by atoms with E-state index >= 15 is 0 Å². The van der Waals surface area contributed by atoms with Crippen LogP contribution in [0.25, 0.3) is 0 Å². The highest BCUT2D eigenvalue weighted by atomic mass is 35.5. The second-order valence-electron chi connectivity index (χ2n) is 8.09. The molecule has 4 aromatic rings. The minimum atomic E-state index is -0.337. The van der Waals surface area contributed by atoms with Gasteiger partial charge in [-0.1, -0.05) is 53.6 Å². The van der Waals surface area contributed by atoms with E-state index in [4.69, 9.17) is 20.8 Å². The molecule has 0 spiro atoms. The molecule has 0 bridgehead atoms. The summed E-state index contributed by atoms with van der Waals surface area (Å²) in [5.41, 5.74) is 5.60. The molecule has 2 heterocycles. The maximum Gasteiger partial charge on any atom is 0.291 e. The van der Waals surface area contributed by atoms with Crippen LogP contribution in [0.4, 0.5) is 5.69 Å². The smallest absolute Gasteiger partial charge is 0.291 e. The van der Waals surface area contributed by atoms with Crippen molar-refractivity contribution in [2.45, 2.75) is 40.8 Å². The average molecular weight is 464 g/mol. The predicted octanol–water partition coefficient (Wildman–Crippen LogP) is 6.24. The normalized spacial score (nSPS) is 10.9. The van der Waals surface area contributed by atoms with Gasteiger partial charge in [0.05, 0.1) is 28.6 Å². The van der Waals surface area contributed by atoms with E-state index < -0.39 is 0 Å². The molecule has 4 rings (SSSR count). The largest absolute Gasteiger partial charge is 0.484 e. The third kappa shape index (κ3) is 5.12. The molecule has 0 saturated heterocycles. The van der Waals surface area contributed by atoms with Crippen molar-refractivity contribution in [3.05, 3.63) is 99.2 Å². The molecule has 0 unspecified atom stereocenters. The van der Waals surface area contributed by atoms with Gasteiger partial charge in [0.1, 0.15) is 18.1 Å². The monoisotopic (exact) mass is 463 g/mol. The number of benzene rings is 2. The Labute approximate surface area is 198 Å². The van der Waals surface area contributed by atoms with E-state index in [9.17, 15) is 4.79 Å². The van der Waals surface area contributed by atoms with Crippen LogP contribution in [0.2, 0.25) is 5.02 Å². The van der Waals surface area contributed by atoms with Gasteiger partial charge in [-0.25, -0.2) is 0 Å². The Morgan fingerprint density at radius 1 is 1.09 bits per heavy atom. The van der Waals surface area contributed by atoms with E-state index in [1.165, 1.54) is 5.56 Å². The van der Waals surface area contributed by atoms with Gasteiger partial charge in [-0.3, -0.25) is 9.48 Å². The summed E-state index contributed by atoms with van der Waals surface area (Å²) in [4.78, 5) is 12.8. The van der Waals surface area contributed by atoms with Crippen LogP contribution < -0.4 is 10.1 Å². The molecule has 2 aromatic heterocycles. The Balaban J connectivity index is 1.44. The van der Waals surface area contributed by atoms with E-state index in [0.717, 1.165) is 22.5 Å². The molecular formula is C26H26ClN3O3. The summed E-state index contributed by atoms with van der Waals surface area (Å²) in [5.74, 6) is 1.00. The molecule has 170 valence electrons. The molecular weight excluding hydrogens is 438 g/mol. The minimum absolute atomic E-state index is 0.171. The summed E-state index contributed by atoms with van der Waals surface area (Å²) in [6.07, 6.45) is 0. The molecule has 0 aliphatic rings. The van der Waals surface area contributed by atoms with Gasteiger partial charge < -0.3 is 14.5 Å². The number of aromatic nitrogens is 2. The first-order valence-corrected chi connectivity index (χ1v) is 11.1. The Hall–Kier alpha value is -3.51. The summed E-state index contributed by atoms with van der Waals surface area (Å²) in [6.45, 7) is 8.61. The first kappa shape index (κ1) is 22.7. The maximum atomic E-state index is 12.8. The number of hydrogen-bond donors (Lipinski definition) is 1. The van der Waals surface area contributed by atoms with Crippen LogP contribution in [0.3, 0.4) is 0 Å². The number of rotatable bonds is 7. The molecule has 6 nitrogen and oxygen atoms in total. The van der Waals surface area contributed by atoms with Crippen LogP contribution >= 0.6 is 11.6 Å². The van der Waals surface area contributed by atoms with Crippen molar-refractivity contribution < 1.29 is 13.9 Å². The van der Waals surface area contributed by atoms with Gasteiger partial charge in [-0.05, 0) is 57.0 Å². The number of hydrogen-bond acceptors (Lipinski definition) is 4. The Bertz CT molecular complexity index is 1290. The van der Waals surface area contributed by atoms with E-state index in [1.54, 1.807) is 18.2 Å². The number of ether oxygens (including phenoxy) is 1. The third-order valence-electron chi connectivity index (χ3n) is 5.44. The molecule has 0 radical (unpaired) electrons. The molecule has 0 aliphatic carbocycles. The lowest BCUT2D eigenvalue weighted by Gasteiger charge is -2.09. The zero-order valence-electron chi connectivity index (χ0n) is 19.1. The van der Waals surface area contributed by atoms with Crippen molar-refractivity contribution in [1.82, 2.24) is 9.78 Å². The van der Waals surface area contributed by atoms with Gasteiger partial charge in [-0.15, -0.1) is 0 Å². The van der Waals surface area contributed by atoms with Gasteiger partial charge in [-0.2, -0.15) is 5.10 Å². The molecule has 1 N–H and O–H groups in total. The lowest BCUT2D eigenvalue weighted by atomic mass is 10.1. The van der Waals surface area contributed by atoms with Gasteiger partial charge in [0, 0.05) is 0 Å². The fraction of sp³-hybridized carbons (Fsp3) is 0.231. The zero-order valence-corrected chi connectivity index (χ0v) is 19.9. The standard InChI is InChI=1S/C26H26ClN3O3/c1-16-7-5-9-20(13-16)14-30-19(4)24(18(3)29-30)28-26(31)23-12-11-21(33-23)15-32-25-17(2)8-6-10-22(25)27/h5-13H,14-15H2,1-4H3,(H,28,31). The van der Waals surface area contributed by atoms with Crippen molar-refractivity contribution in [2.24, 2.45) is 0 Å². The fourth-order valence-corrected chi connectivity index (χ4v) is 3.99. The van der Waals surface area contributed by atoms with Crippen molar-refractivity contribution in [1.29, 1.82) is 0 Å². The number of amides is 1. The number of aryl methyl sites for hydroxylation is 3. The number of nitrogens with one attached hydrogen (secondary N) is 1. The number of anilines is 1. The van der Waals surface area contributed by atoms with E-state index in [-0.39, 0.29) is 18.3 Å². The first-order valence-electron chi connectivity index (χ1n) is 10.7.